The van der Waals surface area contributed by atoms with Gasteiger partial charge in [-0.15, -0.1) is 0 Å². The zero-order valence-corrected chi connectivity index (χ0v) is 10.7. The second-order valence-corrected chi connectivity index (χ2v) is 5.62. The summed E-state index contributed by atoms with van der Waals surface area (Å²) in [6.45, 7) is 6.98. The van der Waals surface area contributed by atoms with Crippen LogP contribution in [0.2, 0.25) is 0 Å². The molecule has 0 aromatic carbocycles. The molecule has 3 rings (SSSR count). The molecule has 0 radical (unpaired) electrons. The maximum atomic E-state index is 4.45. The van der Waals surface area contributed by atoms with Crippen LogP contribution >= 0.6 is 0 Å². The zero-order valence-electron chi connectivity index (χ0n) is 10.7. The van der Waals surface area contributed by atoms with Crippen LogP contribution in [0.15, 0.2) is 24.7 Å². The van der Waals surface area contributed by atoms with Gasteiger partial charge in [0.05, 0.1) is 11.7 Å². The molecule has 0 fully saturated rings. The molecule has 1 unspecified atom stereocenters. The molecule has 1 aliphatic rings. The Morgan fingerprint density at radius 1 is 1.29 bits per heavy atom. The fourth-order valence-corrected chi connectivity index (χ4v) is 2.95. The van der Waals surface area contributed by atoms with Gasteiger partial charge in [0.2, 0.25) is 0 Å². The molecule has 1 aliphatic carbocycles. The van der Waals surface area contributed by atoms with Crippen molar-refractivity contribution in [2.75, 3.05) is 0 Å². The number of aryl methyl sites for hydroxylation is 1. The molecule has 2 heteroatoms. The topological polar surface area (TPSA) is 25.8 Å². The lowest BCUT2D eigenvalue weighted by molar-refractivity contribution is 0.310. The third-order valence-electron chi connectivity index (χ3n) is 4.54. The molecule has 1 atom stereocenters. The Bertz CT molecular complexity index is 569. The van der Waals surface area contributed by atoms with Crippen molar-refractivity contribution in [2.45, 2.75) is 39.0 Å². The minimum atomic E-state index is 0.239. The Morgan fingerprint density at radius 2 is 2.12 bits per heavy atom. The number of pyridine rings is 2. The van der Waals surface area contributed by atoms with Gasteiger partial charge in [-0.05, 0) is 41.4 Å². The van der Waals surface area contributed by atoms with E-state index in [-0.39, 0.29) is 5.41 Å². The third-order valence-corrected chi connectivity index (χ3v) is 4.54. The molecular weight excluding hydrogens is 208 g/mol. The number of hydrogen-bond donors (Lipinski definition) is 0. The van der Waals surface area contributed by atoms with Gasteiger partial charge in [-0.25, -0.2) is 0 Å². The quantitative estimate of drug-likeness (QED) is 0.744. The van der Waals surface area contributed by atoms with Crippen molar-refractivity contribution < 1.29 is 0 Å². The predicted molar refractivity (Wildman–Crippen MR) is 70.0 cm³/mol. The minimum absolute atomic E-state index is 0.239. The van der Waals surface area contributed by atoms with Crippen LogP contribution in [-0.4, -0.2) is 9.97 Å². The van der Waals surface area contributed by atoms with Crippen LogP contribution in [0.5, 0.6) is 0 Å². The summed E-state index contributed by atoms with van der Waals surface area (Å²) in [5.74, 6) is 0.628. The summed E-state index contributed by atoms with van der Waals surface area (Å²) >= 11 is 0. The van der Waals surface area contributed by atoms with Gasteiger partial charge in [-0.1, -0.05) is 20.8 Å². The summed E-state index contributed by atoms with van der Waals surface area (Å²) in [5, 5.41) is 1.35. The lowest BCUT2D eigenvalue weighted by Crippen LogP contribution is -2.32. The second kappa shape index (κ2) is 3.52. The Morgan fingerprint density at radius 3 is 2.88 bits per heavy atom. The van der Waals surface area contributed by atoms with E-state index in [1.54, 1.807) is 0 Å². The van der Waals surface area contributed by atoms with Gasteiger partial charge in [-0.2, -0.15) is 0 Å². The molecular formula is C15H18N2. The Kier molecular flexibility index (Phi) is 2.22. The van der Waals surface area contributed by atoms with Gasteiger partial charge in [-0.3, -0.25) is 9.97 Å². The average molecular weight is 226 g/mol. The van der Waals surface area contributed by atoms with Crippen molar-refractivity contribution >= 4 is 10.9 Å². The summed E-state index contributed by atoms with van der Waals surface area (Å²) in [4.78, 5) is 8.82. The van der Waals surface area contributed by atoms with Crippen molar-refractivity contribution in [3.8, 4) is 0 Å². The van der Waals surface area contributed by atoms with Crippen LogP contribution in [0.4, 0.5) is 0 Å². The van der Waals surface area contributed by atoms with Crippen LogP contribution in [0.25, 0.3) is 10.9 Å². The van der Waals surface area contributed by atoms with E-state index in [1.165, 1.54) is 22.9 Å². The van der Waals surface area contributed by atoms with Crippen molar-refractivity contribution in [3.05, 3.63) is 35.8 Å². The molecule has 0 saturated heterocycles. The highest BCUT2D eigenvalue weighted by Gasteiger charge is 2.35. The van der Waals surface area contributed by atoms with Gasteiger partial charge < -0.3 is 0 Å². The highest BCUT2D eigenvalue weighted by atomic mass is 14.7. The molecule has 2 aromatic heterocycles. The van der Waals surface area contributed by atoms with Crippen molar-refractivity contribution in [1.29, 1.82) is 0 Å². The highest BCUT2D eigenvalue weighted by Crippen LogP contribution is 2.43. The lowest BCUT2D eigenvalue weighted by Gasteiger charge is -2.38. The van der Waals surface area contributed by atoms with Gasteiger partial charge in [0.1, 0.15) is 0 Å². The average Bonchev–Trinajstić information content (AvgIpc) is 2.34. The number of rotatable bonds is 1. The summed E-state index contributed by atoms with van der Waals surface area (Å²) < 4.78 is 0. The van der Waals surface area contributed by atoms with E-state index >= 15 is 0 Å². The first-order valence-corrected chi connectivity index (χ1v) is 6.35. The summed E-state index contributed by atoms with van der Waals surface area (Å²) in [5.41, 5.74) is 4.11. The second-order valence-electron chi connectivity index (χ2n) is 5.62. The predicted octanol–water partition coefficient (Wildman–Crippen LogP) is 3.49. The van der Waals surface area contributed by atoms with Crippen LogP contribution in [0.3, 0.4) is 0 Å². The number of hydrogen-bond acceptors (Lipinski definition) is 2. The first-order chi connectivity index (χ1) is 8.13. The van der Waals surface area contributed by atoms with Crippen molar-refractivity contribution in [2.24, 2.45) is 5.92 Å². The highest BCUT2D eigenvalue weighted by molar-refractivity contribution is 5.86. The monoisotopic (exact) mass is 226 g/mol. The summed E-state index contributed by atoms with van der Waals surface area (Å²) in [7, 11) is 0. The first-order valence-electron chi connectivity index (χ1n) is 6.35. The largest absolute Gasteiger partial charge is 0.262 e. The van der Waals surface area contributed by atoms with Crippen molar-refractivity contribution in [3.63, 3.8) is 0 Å². The maximum absolute atomic E-state index is 4.45. The third kappa shape index (κ3) is 1.40. The van der Waals surface area contributed by atoms with Crippen LogP contribution < -0.4 is 0 Å². The van der Waals surface area contributed by atoms with E-state index in [4.69, 9.17) is 0 Å². The normalized spacial score (nSPS) is 23.3. The first kappa shape index (κ1) is 10.7. The van der Waals surface area contributed by atoms with Crippen LogP contribution in [0, 0.1) is 5.92 Å². The lowest BCUT2D eigenvalue weighted by atomic mass is 9.66. The molecule has 2 nitrogen and oxygen atoms in total. The maximum Gasteiger partial charge on any atom is 0.0890 e. The van der Waals surface area contributed by atoms with Gasteiger partial charge in [0.25, 0.3) is 0 Å². The van der Waals surface area contributed by atoms with E-state index in [9.17, 15) is 0 Å². The number of aromatic nitrogens is 2. The standard InChI is InChI=1S/C15H18N2/c1-10(2)15(3)6-4-11-5-7-17-13-9-16-8-12(15)14(11)13/h5,7-10H,4,6H2,1-3H3. The molecule has 88 valence electrons. The number of nitrogens with zero attached hydrogens (tertiary/aromatic N) is 2. The SMILES string of the molecule is CC(C)C1(C)CCc2ccnc3cncc1c23. The van der Waals surface area contributed by atoms with E-state index < -0.39 is 0 Å². The van der Waals surface area contributed by atoms with Gasteiger partial charge >= 0.3 is 0 Å². The molecule has 2 heterocycles. The molecule has 0 saturated carbocycles. The zero-order chi connectivity index (χ0) is 12.0. The van der Waals surface area contributed by atoms with E-state index in [0.717, 1.165) is 11.9 Å². The van der Waals surface area contributed by atoms with E-state index in [1.807, 2.05) is 18.6 Å². The fraction of sp³-hybridized carbons (Fsp3) is 0.467. The van der Waals surface area contributed by atoms with Gasteiger partial charge in [0, 0.05) is 17.8 Å². The smallest absolute Gasteiger partial charge is 0.0890 e. The Hall–Kier alpha value is -1.44. The summed E-state index contributed by atoms with van der Waals surface area (Å²) in [6, 6.07) is 2.16. The molecule has 0 spiro atoms. The van der Waals surface area contributed by atoms with Crippen LogP contribution in [-0.2, 0) is 11.8 Å². The van der Waals surface area contributed by atoms with Crippen molar-refractivity contribution in [1.82, 2.24) is 9.97 Å². The molecule has 2 aromatic rings. The molecule has 17 heavy (non-hydrogen) atoms. The molecule has 0 N–H and O–H groups in total. The Labute approximate surface area is 102 Å². The van der Waals surface area contributed by atoms with E-state index in [2.05, 4.69) is 36.8 Å². The minimum Gasteiger partial charge on any atom is -0.262 e. The molecule has 0 aliphatic heterocycles. The van der Waals surface area contributed by atoms with Crippen LogP contribution in [0.1, 0.15) is 38.3 Å². The van der Waals surface area contributed by atoms with E-state index in [0.29, 0.717) is 5.92 Å². The van der Waals surface area contributed by atoms with Gasteiger partial charge in [0.15, 0.2) is 0 Å². The Balaban J connectivity index is 2.37. The molecule has 0 bridgehead atoms. The molecule has 0 amide bonds. The fourth-order valence-electron chi connectivity index (χ4n) is 2.95. The summed E-state index contributed by atoms with van der Waals surface area (Å²) in [6.07, 6.45) is 8.20.